The Labute approximate surface area is 84.4 Å². The number of H-pyrrole nitrogens is 1. The first-order chi connectivity index (χ1) is 7.25. The summed E-state index contributed by atoms with van der Waals surface area (Å²) < 4.78 is 1.26. The van der Waals surface area contributed by atoms with E-state index in [1.807, 2.05) is 25.1 Å². The first kappa shape index (κ1) is 8.16. The maximum atomic E-state index is 11.6. The standard InChI is InChI=1S/C10H8N4O/c1-6-2-3-7-8(4-6)13-10(15)14-9(7)11-5-12-14/h2-5H,1H3,(H,13,15). The maximum Gasteiger partial charge on any atom is 0.348 e. The zero-order valence-electron chi connectivity index (χ0n) is 8.06. The van der Waals surface area contributed by atoms with Gasteiger partial charge in [-0.2, -0.15) is 9.61 Å². The zero-order chi connectivity index (χ0) is 10.4. The van der Waals surface area contributed by atoms with E-state index in [2.05, 4.69) is 15.1 Å². The highest BCUT2D eigenvalue weighted by Crippen LogP contribution is 2.15. The van der Waals surface area contributed by atoms with E-state index in [1.165, 1.54) is 10.8 Å². The maximum absolute atomic E-state index is 11.6. The second kappa shape index (κ2) is 2.66. The molecule has 0 amide bonds. The average Bonchev–Trinajstić information content (AvgIpc) is 2.66. The summed E-state index contributed by atoms with van der Waals surface area (Å²) >= 11 is 0. The Morgan fingerprint density at radius 1 is 1.40 bits per heavy atom. The minimum absolute atomic E-state index is 0.263. The van der Waals surface area contributed by atoms with Crippen LogP contribution in [0.5, 0.6) is 0 Å². The van der Waals surface area contributed by atoms with Crippen LogP contribution in [0.3, 0.4) is 0 Å². The molecule has 1 N–H and O–H groups in total. The number of fused-ring (bicyclic) bond motifs is 3. The lowest BCUT2D eigenvalue weighted by Crippen LogP contribution is -2.17. The van der Waals surface area contributed by atoms with Crippen LogP contribution < -0.4 is 5.69 Å². The smallest absolute Gasteiger partial charge is 0.305 e. The molecule has 0 atom stereocenters. The summed E-state index contributed by atoms with van der Waals surface area (Å²) in [6, 6.07) is 5.84. The molecule has 3 aromatic rings. The first-order valence-electron chi connectivity index (χ1n) is 4.58. The van der Waals surface area contributed by atoms with Gasteiger partial charge in [-0.3, -0.25) is 0 Å². The Morgan fingerprint density at radius 2 is 2.27 bits per heavy atom. The molecular formula is C10H8N4O. The van der Waals surface area contributed by atoms with E-state index >= 15 is 0 Å². The van der Waals surface area contributed by atoms with Gasteiger partial charge in [-0.25, -0.2) is 9.78 Å². The molecule has 0 spiro atoms. The van der Waals surface area contributed by atoms with Gasteiger partial charge < -0.3 is 4.98 Å². The number of hydrogen-bond acceptors (Lipinski definition) is 3. The Hall–Kier alpha value is -2.17. The Kier molecular flexibility index (Phi) is 1.45. The molecule has 0 aliphatic carbocycles. The number of benzene rings is 1. The molecule has 2 heterocycles. The predicted molar refractivity (Wildman–Crippen MR) is 55.9 cm³/mol. The van der Waals surface area contributed by atoms with E-state index < -0.39 is 0 Å². The number of rotatable bonds is 0. The van der Waals surface area contributed by atoms with Crippen molar-refractivity contribution < 1.29 is 0 Å². The molecule has 0 saturated carbocycles. The highest BCUT2D eigenvalue weighted by atomic mass is 16.1. The molecule has 1 aromatic carbocycles. The first-order valence-corrected chi connectivity index (χ1v) is 4.58. The highest BCUT2D eigenvalue weighted by molar-refractivity contribution is 5.91. The van der Waals surface area contributed by atoms with Crippen LogP contribution in [-0.2, 0) is 0 Å². The SMILES string of the molecule is Cc1ccc2c(c1)[nH]c(=O)n1ncnc21. The van der Waals surface area contributed by atoms with E-state index in [4.69, 9.17) is 0 Å². The minimum Gasteiger partial charge on any atom is -0.305 e. The van der Waals surface area contributed by atoms with Crippen molar-refractivity contribution in [1.82, 2.24) is 19.6 Å². The Bertz CT molecular complexity index is 710. The molecule has 15 heavy (non-hydrogen) atoms. The fourth-order valence-electron chi connectivity index (χ4n) is 1.70. The van der Waals surface area contributed by atoms with Gasteiger partial charge in [-0.15, -0.1) is 0 Å². The quantitative estimate of drug-likeness (QED) is 0.586. The highest BCUT2D eigenvalue weighted by Gasteiger charge is 2.05. The summed E-state index contributed by atoms with van der Waals surface area (Å²) in [5, 5.41) is 4.75. The van der Waals surface area contributed by atoms with Gasteiger partial charge in [-0.1, -0.05) is 6.07 Å². The van der Waals surface area contributed by atoms with E-state index in [0.29, 0.717) is 5.65 Å². The van der Waals surface area contributed by atoms with Crippen LogP contribution >= 0.6 is 0 Å². The van der Waals surface area contributed by atoms with Gasteiger partial charge in [-0.05, 0) is 24.6 Å². The Balaban J connectivity index is 2.66. The average molecular weight is 200 g/mol. The minimum atomic E-state index is -0.263. The number of nitrogens with one attached hydrogen (secondary N) is 1. The molecule has 0 saturated heterocycles. The van der Waals surface area contributed by atoms with Crippen LogP contribution in [0, 0.1) is 6.92 Å². The number of aromatic nitrogens is 4. The Morgan fingerprint density at radius 3 is 3.13 bits per heavy atom. The van der Waals surface area contributed by atoms with Crippen molar-refractivity contribution in [1.29, 1.82) is 0 Å². The van der Waals surface area contributed by atoms with Gasteiger partial charge in [0.1, 0.15) is 6.33 Å². The second-order valence-corrected chi connectivity index (χ2v) is 3.47. The van der Waals surface area contributed by atoms with Gasteiger partial charge >= 0.3 is 5.69 Å². The molecule has 0 bridgehead atoms. The molecule has 3 rings (SSSR count). The zero-order valence-corrected chi connectivity index (χ0v) is 8.06. The topological polar surface area (TPSA) is 63.0 Å². The summed E-state index contributed by atoms with van der Waals surface area (Å²) in [5.41, 5.74) is 2.22. The van der Waals surface area contributed by atoms with Crippen molar-refractivity contribution in [2.75, 3.05) is 0 Å². The summed E-state index contributed by atoms with van der Waals surface area (Å²) in [6.45, 7) is 1.98. The van der Waals surface area contributed by atoms with Gasteiger partial charge in [0.15, 0.2) is 5.65 Å². The molecule has 0 unspecified atom stereocenters. The van der Waals surface area contributed by atoms with Crippen LogP contribution in [-0.4, -0.2) is 19.6 Å². The number of aryl methyl sites for hydroxylation is 1. The summed E-state index contributed by atoms with van der Waals surface area (Å²) in [6.07, 6.45) is 1.38. The van der Waals surface area contributed by atoms with E-state index in [-0.39, 0.29) is 5.69 Å². The lowest BCUT2D eigenvalue weighted by atomic mass is 10.2. The van der Waals surface area contributed by atoms with Gasteiger partial charge in [0, 0.05) is 5.39 Å². The third-order valence-corrected chi connectivity index (χ3v) is 2.40. The summed E-state index contributed by atoms with van der Waals surface area (Å²) in [4.78, 5) is 18.4. The van der Waals surface area contributed by atoms with Gasteiger partial charge in [0.25, 0.3) is 0 Å². The number of nitrogens with zero attached hydrogens (tertiary/aromatic N) is 3. The van der Waals surface area contributed by atoms with Crippen LogP contribution in [0.15, 0.2) is 29.3 Å². The summed E-state index contributed by atoms with van der Waals surface area (Å²) in [7, 11) is 0. The van der Waals surface area contributed by atoms with Crippen molar-refractivity contribution in [3.8, 4) is 0 Å². The molecule has 0 fully saturated rings. The molecular weight excluding hydrogens is 192 g/mol. The molecule has 0 aliphatic rings. The second-order valence-electron chi connectivity index (χ2n) is 3.47. The summed E-state index contributed by atoms with van der Waals surface area (Å²) in [5.74, 6) is 0. The molecule has 0 radical (unpaired) electrons. The number of hydrogen-bond donors (Lipinski definition) is 1. The van der Waals surface area contributed by atoms with Crippen LogP contribution in [0.25, 0.3) is 16.6 Å². The van der Waals surface area contributed by atoms with Crippen molar-refractivity contribution in [2.24, 2.45) is 0 Å². The van der Waals surface area contributed by atoms with Crippen molar-refractivity contribution >= 4 is 16.6 Å². The lowest BCUT2D eigenvalue weighted by molar-refractivity contribution is 0.881. The lowest BCUT2D eigenvalue weighted by Gasteiger charge is -2.00. The fourth-order valence-corrected chi connectivity index (χ4v) is 1.70. The van der Waals surface area contributed by atoms with E-state index in [1.54, 1.807) is 0 Å². The molecule has 0 aliphatic heterocycles. The molecule has 2 aromatic heterocycles. The van der Waals surface area contributed by atoms with Crippen LogP contribution in [0.2, 0.25) is 0 Å². The number of aromatic amines is 1. The molecule has 5 heteroatoms. The van der Waals surface area contributed by atoms with Crippen LogP contribution in [0.1, 0.15) is 5.56 Å². The van der Waals surface area contributed by atoms with E-state index in [0.717, 1.165) is 16.5 Å². The molecule has 5 nitrogen and oxygen atoms in total. The monoisotopic (exact) mass is 200 g/mol. The largest absolute Gasteiger partial charge is 0.348 e. The van der Waals surface area contributed by atoms with Crippen molar-refractivity contribution in [3.05, 3.63) is 40.6 Å². The van der Waals surface area contributed by atoms with E-state index in [9.17, 15) is 4.79 Å². The van der Waals surface area contributed by atoms with Crippen molar-refractivity contribution in [2.45, 2.75) is 6.92 Å². The third-order valence-electron chi connectivity index (χ3n) is 2.40. The normalized spacial score (nSPS) is 11.3. The molecule has 74 valence electrons. The van der Waals surface area contributed by atoms with Crippen LogP contribution in [0.4, 0.5) is 0 Å². The van der Waals surface area contributed by atoms with Gasteiger partial charge in [0.05, 0.1) is 5.52 Å². The predicted octanol–water partition coefficient (Wildman–Crippen LogP) is 0.879. The third kappa shape index (κ3) is 1.06. The van der Waals surface area contributed by atoms with Gasteiger partial charge in [0.2, 0.25) is 0 Å². The van der Waals surface area contributed by atoms with Crippen molar-refractivity contribution in [3.63, 3.8) is 0 Å². The fraction of sp³-hybridized carbons (Fsp3) is 0.100.